The number of anilines is 1. The Labute approximate surface area is 130 Å². The molecule has 0 aliphatic heterocycles. The number of hydrogen-bond donors (Lipinski definition) is 4. The zero-order chi connectivity index (χ0) is 17.2. The smallest absolute Gasteiger partial charge is 0.335 e. The Balaban J connectivity index is 2.38. The molecule has 0 atom stereocenters. The minimum Gasteiger partial charge on any atom is -0.506 e. The average molecular weight is 337 g/mol. The van der Waals surface area contributed by atoms with Crippen LogP contribution in [0.25, 0.3) is 0 Å². The van der Waals surface area contributed by atoms with Gasteiger partial charge in [0.1, 0.15) is 17.1 Å². The molecule has 2 rings (SSSR count). The highest BCUT2D eigenvalue weighted by Gasteiger charge is 2.12. The second-order valence-corrected chi connectivity index (χ2v) is 5.83. The molecule has 0 radical (unpaired) electrons. The van der Waals surface area contributed by atoms with E-state index in [4.69, 9.17) is 15.4 Å². The minimum absolute atomic E-state index is 0.0715. The van der Waals surface area contributed by atoms with Gasteiger partial charge in [-0.3, -0.25) is 4.55 Å². The fourth-order valence-corrected chi connectivity index (χ4v) is 2.14. The Kier molecular flexibility index (Phi) is 4.29. The van der Waals surface area contributed by atoms with Crippen molar-refractivity contribution in [2.45, 2.75) is 4.90 Å². The molecule has 2 aromatic carbocycles. The number of aromatic hydroxyl groups is 1. The van der Waals surface area contributed by atoms with E-state index in [0.717, 1.165) is 24.3 Å². The van der Waals surface area contributed by atoms with Crippen molar-refractivity contribution >= 4 is 33.1 Å². The number of phenols is 1. The van der Waals surface area contributed by atoms with Crippen LogP contribution in [0.15, 0.2) is 51.5 Å². The first-order chi connectivity index (χ1) is 10.7. The summed E-state index contributed by atoms with van der Waals surface area (Å²) in [6.07, 6.45) is 0. The van der Waals surface area contributed by atoms with Crippen LogP contribution >= 0.6 is 0 Å². The fraction of sp³-hybridized carbons (Fsp3) is 0. The van der Waals surface area contributed by atoms with E-state index in [1.54, 1.807) is 0 Å². The number of phenolic OH excluding ortho intramolecular Hbond substituents is 1. The van der Waals surface area contributed by atoms with Crippen molar-refractivity contribution in [1.82, 2.24) is 0 Å². The Morgan fingerprint density at radius 1 is 1.04 bits per heavy atom. The van der Waals surface area contributed by atoms with Gasteiger partial charge in [-0.2, -0.15) is 8.42 Å². The summed E-state index contributed by atoms with van der Waals surface area (Å²) in [5.41, 5.74) is 5.44. The molecule has 10 heteroatoms. The number of hydrogen-bond acceptors (Lipinski definition) is 7. The highest BCUT2D eigenvalue weighted by molar-refractivity contribution is 7.85. The molecule has 0 aromatic heterocycles. The molecule has 0 amide bonds. The predicted molar refractivity (Wildman–Crippen MR) is 79.9 cm³/mol. The molecule has 120 valence electrons. The van der Waals surface area contributed by atoms with Gasteiger partial charge in [-0.1, -0.05) is 0 Å². The molecule has 0 saturated carbocycles. The minimum atomic E-state index is -4.39. The van der Waals surface area contributed by atoms with Gasteiger partial charge in [-0.25, -0.2) is 4.79 Å². The van der Waals surface area contributed by atoms with E-state index >= 15 is 0 Å². The first-order valence-corrected chi connectivity index (χ1v) is 7.47. The third kappa shape index (κ3) is 3.81. The van der Waals surface area contributed by atoms with E-state index in [1.165, 1.54) is 12.1 Å². The SMILES string of the molecule is Nc1cc(S(=O)(=O)O)ccc1N=Nc1cc(C(=O)O)ccc1O. The number of nitrogens with two attached hydrogens (primary N) is 1. The highest BCUT2D eigenvalue weighted by Crippen LogP contribution is 2.31. The van der Waals surface area contributed by atoms with Crippen LogP contribution in [-0.4, -0.2) is 29.2 Å². The van der Waals surface area contributed by atoms with E-state index in [2.05, 4.69) is 10.2 Å². The maximum atomic E-state index is 11.0. The van der Waals surface area contributed by atoms with E-state index in [-0.39, 0.29) is 28.4 Å². The van der Waals surface area contributed by atoms with Gasteiger partial charge in [0, 0.05) is 0 Å². The predicted octanol–water partition coefficient (Wildman–Crippen LogP) is 2.33. The van der Waals surface area contributed by atoms with Gasteiger partial charge in [-0.05, 0) is 36.4 Å². The molecule has 0 heterocycles. The summed E-state index contributed by atoms with van der Waals surface area (Å²) in [6, 6.07) is 6.75. The number of benzene rings is 2. The van der Waals surface area contributed by atoms with Gasteiger partial charge < -0.3 is 15.9 Å². The molecule has 23 heavy (non-hydrogen) atoms. The van der Waals surface area contributed by atoms with E-state index in [0.29, 0.717) is 0 Å². The molecule has 0 aliphatic carbocycles. The lowest BCUT2D eigenvalue weighted by Gasteiger charge is -2.03. The number of nitrogens with zero attached hydrogens (tertiary/aromatic N) is 2. The second kappa shape index (κ2) is 6.02. The molecule has 9 nitrogen and oxygen atoms in total. The number of carboxylic acids is 1. The van der Waals surface area contributed by atoms with E-state index in [1.807, 2.05) is 0 Å². The van der Waals surface area contributed by atoms with Crippen molar-refractivity contribution in [3.05, 3.63) is 42.0 Å². The largest absolute Gasteiger partial charge is 0.506 e. The van der Waals surface area contributed by atoms with Crippen molar-refractivity contribution in [2.75, 3.05) is 5.73 Å². The molecule has 2 aromatic rings. The number of nitrogen functional groups attached to an aromatic ring is 1. The summed E-state index contributed by atoms with van der Waals surface area (Å²) in [5.74, 6) is -1.48. The molecular formula is C13H11N3O6S. The second-order valence-electron chi connectivity index (χ2n) is 4.40. The Morgan fingerprint density at radius 2 is 1.70 bits per heavy atom. The quantitative estimate of drug-likeness (QED) is 0.378. The lowest BCUT2D eigenvalue weighted by atomic mass is 10.2. The van der Waals surface area contributed by atoms with Crippen LogP contribution in [0.1, 0.15) is 10.4 Å². The number of azo groups is 1. The highest BCUT2D eigenvalue weighted by atomic mass is 32.2. The van der Waals surface area contributed by atoms with Crippen LogP contribution in [-0.2, 0) is 10.1 Å². The summed E-state index contributed by atoms with van der Waals surface area (Å²) in [7, 11) is -4.39. The monoisotopic (exact) mass is 337 g/mol. The fourth-order valence-electron chi connectivity index (χ4n) is 1.63. The maximum Gasteiger partial charge on any atom is 0.335 e. The van der Waals surface area contributed by atoms with Crippen LogP contribution < -0.4 is 5.73 Å². The van der Waals surface area contributed by atoms with Crippen molar-refractivity contribution in [1.29, 1.82) is 0 Å². The van der Waals surface area contributed by atoms with Gasteiger partial charge in [0.2, 0.25) is 0 Å². The molecule has 0 aliphatic rings. The normalized spacial score (nSPS) is 11.7. The summed E-state index contributed by atoms with van der Waals surface area (Å²) in [4.78, 5) is 10.5. The Hall–Kier alpha value is -2.98. The molecule has 0 unspecified atom stereocenters. The van der Waals surface area contributed by atoms with Gasteiger partial charge >= 0.3 is 5.97 Å². The van der Waals surface area contributed by atoms with Crippen LogP contribution in [0.3, 0.4) is 0 Å². The van der Waals surface area contributed by atoms with Crippen molar-refractivity contribution in [3.63, 3.8) is 0 Å². The van der Waals surface area contributed by atoms with Crippen molar-refractivity contribution < 1.29 is 28.0 Å². The van der Waals surface area contributed by atoms with E-state index < -0.39 is 21.0 Å². The van der Waals surface area contributed by atoms with Crippen molar-refractivity contribution in [3.8, 4) is 5.75 Å². The third-order valence-electron chi connectivity index (χ3n) is 2.78. The summed E-state index contributed by atoms with van der Waals surface area (Å²) in [6.45, 7) is 0. The summed E-state index contributed by atoms with van der Waals surface area (Å²) in [5, 5.41) is 25.9. The van der Waals surface area contributed by atoms with Gasteiger partial charge in [0.05, 0.1) is 16.1 Å². The molecule has 0 bridgehead atoms. The number of carbonyl (C=O) groups is 1. The zero-order valence-electron chi connectivity index (χ0n) is 11.4. The number of rotatable bonds is 4. The van der Waals surface area contributed by atoms with Crippen LogP contribution in [0, 0.1) is 0 Å². The van der Waals surface area contributed by atoms with Gasteiger partial charge in [0.15, 0.2) is 0 Å². The van der Waals surface area contributed by atoms with Gasteiger partial charge in [0.25, 0.3) is 10.1 Å². The number of carboxylic acid groups (broad SMARTS) is 1. The first kappa shape index (κ1) is 16.4. The Bertz CT molecular complexity index is 908. The topological polar surface area (TPSA) is 163 Å². The zero-order valence-corrected chi connectivity index (χ0v) is 12.2. The molecule has 0 spiro atoms. The molecule has 0 saturated heterocycles. The summed E-state index contributed by atoms with van der Waals surface area (Å²) < 4.78 is 30.9. The van der Waals surface area contributed by atoms with Crippen LogP contribution in [0.4, 0.5) is 17.1 Å². The third-order valence-corrected chi connectivity index (χ3v) is 3.63. The maximum absolute atomic E-state index is 11.0. The van der Waals surface area contributed by atoms with Crippen LogP contribution in [0.2, 0.25) is 0 Å². The van der Waals surface area contributed by atoms with Crippen LogP contribution in [0.5, 0.6) is 5.75 Å². The van der Waals surface area contributed by atoms with Crippen molar-refractivity contribution in [2.24, 2.45) is 10.2 Å². The Morgan fingerprint density at radius 3 is 2.26 bits per heavy atom. The lowest BCUT2D eigenvalue weighted by molar-refractivity contribution is 0.0697. The average Bonchev–Trinajstić information content (AvgIpc) is 2.46. The molecule has 0 fully saturated rings. The lowest BCUT2D eigenvalue weighted by Crippen LogP contribution is -1.99. The molecule has 5 N–H and O–H groups in total. The first-order valence-electron chi connectivity index (χ1n) is 6.03. The standard InChI is InChI=1S/C13H11N3O6S/c14-9-6-8(23(20,21)22)2-3-10(9)15-16-11-5-7(13(18)19)1-4-12(11)17/h1-6,17H,14H2,(H,18,19)(H,20,21,22). The van der Waals surface area contributed by atoms with E-state index in [9.17, 15) is 18.3 Å². The molecular weight excluding hydrogens is 326 g/mol. The van der Waals surface area contributed by atoms with Gasteiger partial charge in [-0.15, -0.1) is 10.2 Å². The summed E-state index contributed by atoms with van der Waals surface area (Å²) >= 11 is 0. The number of aromatic carboxylic acids is 1.